The number of esters is 1. The van der Waals surface area contributed by atoms with Crippen molar-refractivity contribution in [2.24, 2.45) is 5.92 Å². The largest absolute Gasteiger partial charge is 0.466 e. The van der Waals surface area contributed by atoms with E-state index >= 15 is 0 Å². The standard InChI is InChI=1S/C28H25NO4S/c1-17-25(28(31)32-2)26(18-8-6-11-21(14-18)33-20-9-4-3-5-10-20)27-22(29-17)15-19(16-23(27)30)24-12-7-13-34-24/h3-15,19,26-27,29H,16H2,1-2H3. The van der Waals surface area contributed by atoms with Crippen molar-refractivity contribution in [3.63, 3.8) is 0 Å². The number of benzene rings is 2. The van der Waals surface area contributed by atoms with Crippen LogP contribution >= 0.6 is 11.3 Å². The van der Waals surface area contributed by atoms with E-state index in [1.165, 1.54) is 7.11 Å². The number of carbonyl (C=O) groups is 2. The lowest BCUT2D eigenvalue weighted by Crippen LogP contribution is -2.41. The fourth-order valence-electron chi connectivity index (χ4n) is 4.90. The lowest BCUT2D eigenvalue weighted by atomic mass is 9.69. The number of carbonyl (C=O) groups excluding carboxylic acids is 2. The molecule has 5 rings (SSSR count). The van der Waals surface area contributed by atoms with Crippen LogP contribution in [-0.2, 0) is 14.3 Å². The van der Waals surface area contributed by atoms with Gasteiger partial charge in [0.2, 0.25) is 0 Å². The van der Waals surface area contributed by atoms with Gasteiger partial charge in [-0.2, -0.15) is 0 Å². The highest BCUT2D eigenvalue weighted by Crippen LogP contribution is 2.47. The summed E-state index contributed by atoms with van der Waals surface area (Å²) in [6.07, 6.45) is 2.55. The van der Waals surface area contributed by atoms with Crippen LogP contribution in [0, 0.1) is 5.92 Å². The summed E-state index contributed by atoms with van der Waals surface area (Å²) in [6.45, 7) is 1.86. The molecule has 0 fully saturated rings. The molecule has 1 aliphatic carbocycles. The Morgan fingerprint density at radius 1 is 1.00 bits per heavy atom. The monoisotopic (exact) mass is 471 g/mol. The summed E-state index contributed by atoms with van der Waals surface area (Å²) < 4.78 is 11.2. The summed E-state index contributed by atoms with van der Waals surface area (Å²) in [5, 5.41) is 5.38. The van der Waals surface area contributed by atoms with Crippen LogP contribution in [0.15, 0.2) is 95.2 Å². The maximum Gasteiger partial charge on any atom is 0.336 e. The first-order valence-electron chi connectivity index (χ1n) is 11.2. The molecule has 3 unspecified atom stereocenters. The van der Waals surface area contributed by atoms with Gasteiger partial charge in [-0.1, -0.05) is 42.5 Å². The lowest BCUT2D eigenvalue weighted by molar-refractivity contribution is -0.136. The first-order valence-corrected chi connectivity index (χ1v) is 12.1. The number of Topliss-reactive ketones (excluding diaryl/α,β-unsaturated/α-hetero) is 1. The summed E-state index contributed by atoms with van der Waals surface area (Å²) in [5.74, 6) is 0.129. The van der Waals surface area contributed by atoms with Crippen LogP contribution < -0.4 is 10.1 Å². The number of ketones is 1. The van der Waals surface area contributed by atoms with Gasteiger partial charge in [-0.25, -0.2) is 4.79 Å². The molecular formula is C28H25NO4S. The van der Waals surface area contributed by atoms with E-state index in [0.717, 1.165) is 21.9 Å². The lowest BCUT2D eigenvalue weighted by Gasteiger charge is -2.39. The van der Waals surface area contributed by atoms with Crippen LogP contribution in [0.25, 0.3) is 0 Å². The molecule has 1 N–H and O–H groups in total. The molecule has 2 heterocycles. The van der Waals surface area contributed by atoms with E-state index in [4.69, 9.17) is 9.47 Å². The Balaban J connectivity index is 1.58. The average Bonchev–Trinajstić information content (AvgIpc) is 3.38. The van der Waals surface area contributed by atoms with Crippen LogP contribution in [0.1, 0.15) is 35.6 Å². The molecule has 2 aromatic carbocycles. The van der Waals surface area contributed by atoms with Gasteiger partial charge in [0.1, 0.15) is 17.3 Å². The van der Waals surface area contributed by atoms with Crippen LogP contribution in [0.4, 0.5) is 0 Å². The quantitative estimate of drug-likeness (QED) is 0.467. The minimum atomic E-state index is -0.485. The normalized spacial score (nSPS) is 21.9. The zero-order valence-corrected chi connectivity index (χ0v) is 19.8. The molecule has 1 aromatic heterocycles. The van der Waals surface area contributed by atoms with Crippen molar-refractivity contribution >= 4 is 23.1 Å². The average molecular weight is 472 g/mol. The first kappa shape index (κ1) is 22.2. The van der Waals surface area contributed by atoms with Gasteiger partial charge in [0.15, 0.2) is 0 Å². The fourth-order valence-corrected chi connectivity index (χ4v) is 5.69. The second kappa shape index (κ2) is 9.31. The molecule has 172 valence electrons. The van der Waals surface area contributed by atoms with Crippen LogP contribution in [0.2, 0.25) is 0 Å². The molecule has 0 radical (unpaired) electrons. The number of methoxy groups -OCH3 is 1. The Kier molecular flexibility index (Phi) is 6.07. The Morgan fingerprint density at radius 3 is 2.53 bits per heavy atom. The minimum Gasteiger partial charge on any atom is -0.466 e. The number of fused-ring (bicyclic) bond motifs is 1. The second-order valence-corrected chi connectivity index (χ2v) is 9.49. The first-order chi connectivity index (χ1) is 16.5. The van der Waals surface area contributed by atoms with Crippen LogP contribution in [-0.4, -0.2) is 18.9 Å². The third-order valence-electron chi connectivity index (χ3n) is 6.37. The number of ether oxygens (including phenoxy) is 2. The third-order valence-corrected chi connectivity index (χ3v) is 7.38. The van der Waals surface area contributed by atoms with Crippen molar-refractivity contribution in [2.45, 2.75) is 25.2 Å². The van der Waals surface area contributed by atoms with E-state index in [1.807, 2.05) is 73.0 Å². The van der Waals surface area contributed by atoms with E-state index in [2.05, 4.69) is 17.5 Å². The molecule has 3 aromatic rings. The van der Waals surface area contributed by atoms with Gasteiger partial charge >= 0.3 is 5.97 Å². The predicted octanol–water partition coefficient (Wildman–Crippen LogP) is 5.93. The molecule has 0 saturated heterocycles. The number of hydrogen-bond acceptors (Lipinski definition) is 6. The van der Waals surface area contributed by atoms with Crippen molar-refractivity contribution in [2.75, 3.05) is 7.11 Å². The van der Waals surface area contributed by atoms with E-state index in [9.17, 15) is 9.59 Å². The molecule has 0 amide bonds. The molecule has 1 aliphatic heterocycles. The summed E-state index contributed by atoms with van der Waals surface area (Å²) in [6, 6.07) is 21.2. The van der Waals surface area contributed by atoms with E-state index in [1.54, 1.807) is 11.3 Å². The molecule has 0 bridgehead atoms. The molecule has 6 heteroatoms. The van der Waals surface area contributed by atoms with Crippen molar-refractivity contribution in [1.82, 2.24) is 5.32 Å². The molecule has 5 nitrogen and oxygen atoms in total. The topological polar surface area (TPSA) is 64.6 Å². The van der Waals surface area contributed by atoms with E-state index in [-0.39, 0.29) is 11.7 Å². The van der Waals surface area contributed by atoms with Gasteiger partial charge in [-0.3, -0.25) is 4.79 Å². The Labute approximate surface area is 202 Å². The van der Waals surface area contributed by atoms with Crippen molar-refractivity contribution in [3.8, 4) is 11.5 Å². The molecule has 34 heavy (non-hydrogen) atoms. The van der Waals surface area contributed by atoms with Gasteiger partial charge in [-0.15, -0.1) is 11.3 Å². The number of thiophene rings is 1. The maximum atomic E-state index is 13.6. The van der Waals surface area contributed by atoms with Gasteiger partial charge < -0.3 is 14.8 Å². The van der Waals surface area contributed by atoms with Gasteiger partial charge in [-0.05, 0) is 48.2 Å². The number of nitrogens with one attached hydrogen (secondary N) is 1. The smallest absolute Gasteiger partial charge is 0.336 e. The highest BCUT2D eigenvalue weighted by atomic mass is 32.1. The molecular weight excluding hydrogens is 446 g/mol. The summed E-state index contributed by atoms with van der Waals surface area (Å²) >= 11 is 1.65. The van der Waals surface area contributed by atoms with Crippen molar-refractivity contribution in [1.29, 1.82) is 0 Å². The second-order valence-electron chi connectivity index (χ2n) is 8.51. The minimum absolute atomic E-state index is 0.0344. The summed E-state index contributed by atoms with van der Waals surface area (Å²) in [5.41, 5.74) is 2.87. The Bertz CT molecular complexity index is 1280. The van der Waals surface area contributed by atoms with Crippen molar-refractivity contribution in [3.05, 3.63) is 106 Å². The molecule has 0 saturated carbocycles. The van der Waals surface area contributed by atoms with E-state index < -0.39 is 17.8 Å². The number of hydrogen-bond donors (Lipinski definition) is 1. The maximum absolute atomic E-state index is 13.6. The zero-order valence-electron chi connectivity index (χ0n) is 19.0. The fraction of sp³-hybridized carbons (Fsp3) is 0.214. The van der Waals surface area contributed by atoms with Crippen molar-refractivity contribution < 1.29 is 19.1 Å². The number of para-hydroxylation sites is 1. The number of allylic oxidation sites excluding steroid dienone is 3. The number of rotatable bonds is 5. The van der Waals surface area contributed by atoms with Crippen LogP contribution in [0.5, 0.6) is 11.5 Å². The van der Waals surface area contributed by atoms with Gasteiger partial charge in [0, 0.05) is 34.5 Å². The molecule has 2 aliphatic rings. The SMILES string of the molecule is COC(=O)C1=C(C)NC2=CC(c3cccs3)CC(=O)C2C1c1cccc(Oc2ccccc2)c1. The third kappa shape index (κ3) is 4.17. The molecule has 3 atom stereocenters. The van der Waals surface area contributed by atoms with Crippen LogP contribution in [0.3, 0.4) is 0 Å². The van der Waals surface area contributed by atoms with Gasteiger partial charge in [0.25, 0.3) is 0 Å². The van der Waals surface area contributed by atoms with Gasteiger partial charge in [0.05, 0.1) is 18.6 Å². The highest BCUT2D eigenvalue weighted by molar-refractivity contribution is 7.10. The summed E-state index contributed by atoms with van der Waals surface area (Å²) in [7, 11) is 1.37. The van der Waals surface area contributed by atoms with E-state index in [0.29, 0.717) is 23.4 Å². The Morgan fingerprint density at radius 2 is 1.79 bits per heavy atom. The Hall–Kier alpha value is -3.64. The summed E-state index contributed by atoms with van der Waals surface area (Å²) in [4.78, 5) is 27.6. The highest BCUT2D eigenvalue weighted by Gasteiger charge is 2.45. The predicted molar refractivity (Wildman–Crippen MR) is 132 cm³/mol. The molecule has 0 spiro atoms. The zero-order chi connectivity index (χ0) is 23.7.